The van der Waals surface area contributed by atoms with Crippen LogP contribution in [0.1, 0.15) is 239 Å². The number of carbonyl (C=O) groups excluding carboxylic acids is 1. The number of rotatable bonds is 52. The van der Waals surface area contributed by atoms with E-state index in [0.29, 0.717) is 6.42 Å². The molecule has 2 atom stereocenters. The molecule has 0 aliphatic heterocycles. The van der Waals surface area contributed by atoms with Gasteiger partial charge in [-0.1, -0.05) is 280 Å². The van der Waals surface area contributed by atoms with Crippen LogP contribution in [0.15, 0.2) is 170 Å². The zero-order valence-electron chi connectivity index (χ0n) is 47.1. The van der Waals surface area contributed by atoms with Gasteiger partial charge in [-0.05, 0) is 122 Å². The minimum atomic E-state index is -0.886. The van der Waals surface area contributed by atoms with Crippen LogP contribution in [0.3, 0.4) is 0 Å². The molecular weight excluding hydrogens is 891 g/mol. The van der Waals surface area contributed by atoms with Crippen molar-refractivity contribution < 1.29 is 15.0 Å². The van der Waals surface area contributed by atoms with Crippen LogP contribution in [0.4, 0.5) is 0 Å². The maximum Gasteiger partial charge on any atom is 0.220 e. The van der Waals surface area contributed by atoms with Gasteiger partial charge in [0.1, 0.15) is 0 Å². The maximum absolute atomic E-state index is 12.5. The monoisotopic (exact) mass is 1000 g/mol. The number of amides is 1. The Morgan fingerprint density at radius 1 is 0.342 bits per heavy atom. The number of carbonyl (C=O) groups is 1. The van der Waals surface area contributed by atoms with Crippen LogP contribution < -0.4 is 5.32 Å². The Morgan fingerprint density at radius 3 is 0.959 bits per heavy atom. The van der Waals surface area contributed by atoms with Crippen LogP contribution in [0.2, 0.25) is 0 Å². The third-order valence-electron chi connectivity index (χ3n) is 12.4. The molecular formula is C69H111NO3. The molecule has 4 heteroatoms. The second-order valence-electron chi connectivity index (χ2n) is 19.3. The molecule has 0 heterocycles. The molecule has 1 amide bonds. The van der Waals surface area contributed by atoms with Crippen molar-refractivity contribution in [3.63, 3.8) is 0 Å². The molecule has 0 aliphatic rings. The summed E-state index contributed by atoms with van der Waals surface area (Å²) < 4.78 is 0. The quantitative estimate of drug-likeness (QED) is 0.0420. The highest BCUT2D eigenvalue weighted by Gasteiger charge is 2.17. The number of unbranched alkanes of at least 4 members (excludes halogenated alkanes) is 19. The molecule has 2 unspecified atom stereocenters. The van der Waals surface area contributed by atoms with E-state index in [1.807, 2.05) is 6.08 Å². The molecule has 0 rings (SSSR count). The molecule has 0 aromatic rings. The summed E-state index contributed by atoms with van der Waals surface area (Å²) in [5.74, 6) is -0.105. The molecule has 0 radical (unpaired) electrons. The number of aliphatic hydroxyl groups excluding tert-OH is 2. The summed E-state index contributed by atoms with van der Waals surface area (Å²) in [7, 11) is 0. The zero-order chi connectivity index (χ0) is 52.7. The predicted molar refractivity (Wildman–Crippen MR) is 326 cm³/mol. The summed E-state index contributed by atoms with van der Waals surface area (Å²) >= 11 is 0. The van der Waals surface area contributed by atoms with Gasteiger partial charge in [0, 0.05) is 6.42 Å². The molecule has 4 nitrogen and oxygen atoms in total. The van der Waals surface area contributed by atoms with Crippen molar-refractivity contribution in [2.24, 2.45) is 0 Å². The molecule has 410 valence electrons. The number of aliphatic hydroxyl groups is 2. The number of hydrogen-bond donors (Lipinski definition) is 3. The van der Waals surface area contributed by atoms with E-state index in [1.54, 1.807) is 6.08 Å². The smallest absolute Gasteiger partial charge is 0.220 e. The van der Waals surface area contributed by atoms with Gasteiger partial charge in [0.05, 0.1) is 18.8 Å². The van der Waals surface area contributed by atoms with E-state index in [1.165, 1.54) is 89.9 Å². The molecule has 0 aromatic carbocycles. The van der Waals surface area contributed by atoms with Gasteiger partial charge in [-0.25, -0.2) is 0 Å². The third-order valence-corrected chi connectivity index (χ3v) is 12.4. The van der Waals surface area contributed by atoms with Crippen LogP contribution >= 0.6 is 0 Å². The van der Waals surface area contributed by atoms with E-state index in [2.05, 4.69) is 177 Å². The number of hydrogen-bond acceptors (Lipinski definition) is 3. The summed E-state index contributed by atoms with van der Waals surface area (Å²) in [4.78, 5) is 12.5. The van der Waals surface area contributed by atoms with E-state index >= 15 is 0 Å². The Bertz CT molecular complexity index is 1610. The topological polar surface area (TPSA) is 69.6 Å². The van der Waals surface area contributed by atoms with Crippen molar-refractivity contribution in [3.05, 3.63) is 170 Å². The molecule has 3 N–H and O–H groups in total. The van der Waals surface area contributed by atoms with Crippen LogP contribution in [-0.2, 0) is 4.79 Å². The van der Waals surface area contributed by atoms with Crippen LogP contribution in [0.5, 0.6) is 0 Å². The number of allylic oxidation sites excluding steroid dienone is 27. The Labute approximate surface area is 451 Å². The minimum absolute atomic E-state index is 0.105. The fraction of sp³-hybridized carbons (Fsp3) is 0.580. The molecule has 73 heavy (non-hydrogen) atoms. The van der Waals surface area contributed by atoms with Gasteiger partial charge in [0.25, 0.3) is 0 Å². The van der Waals surface area contributed by atoms with Crippen LogP contribution in [0, 0.1) is 0 Å². The average Bonchev–Trinajstić information content (AvgIpc) is 3.40. The zero-order valence-corrected chi connectivity index (χ0v) is 47.1. The van der Waals surface area contributed by atoms with Crippen molar-refractivity contribution in [1.29, 1.82) is 0 Å². The van der Waals surface area contributed by atoms with E-state index < -0.39 is 12.1 Å². The van der Waals surface area contributed by atoms with Gasteiger partial charge in [-0.2, -0.15) is 0 Å². The first-order valence-corrected chi connectivity index (χ1v) is 29.8. The summed E-state index contributed by atoms with van der Waals surface area (Å²) in [5, 5.41) is 23.1. The van der Waals surface area contributed by atoms with Crippen LogP contribution in [-0.4, -0.2) is 34.9 Å². The fourth-order valence-corrected chi connectivity index (χ4v) is 7.94. The summed E-state index contributed by atoms with van der Waals surface area (Å²) in [6.07, 6.45) is 101. The van der Waals surface area contributed by atoms with Gasteiger partial charge in [-0.3, -0.25) is 4.79 Å². The highest BCUT2D eigenvalue weighted by molar-refractivity contribution is 5.76. The second-order valence-corrected chi connectivity index (χ2v) is 19.3. The Hall–Kier alpha value is -4.25. The Kier molecular flexibility index (Phi) is 58.4. The largest absolute Gasteiger partial charge is 0.394 e. The highest BCUT2D eigenvalue weighted by Crippen LogP contribution is 2.14. The van der Waals surface area contributed by atoms with E-state index in [9.17, 15) is 15.0 Å². The molecule has 0 spiro atoms. The van der Waals surface area contributed by atoms with E-state index in [4.69, 9.17) is 0 Å². The molecule has 0 saturated carbocycles. The van der Waals surface area contributed by atoms with Gasteiger partial charge in [0.2, 0.25) is 5.91 Å². The first-order chi connectivity index (χ1) is 36.2. The standard InChI is InChI=1S/C69H111NO3/c1-3-5-7-9-11-13-15-17-19-21-23-25-26-27-28-29-30-31-32-33-34-35-36-37-38-39-40-41-42-43-44-45-47-49-51-53-55-57-59-61-63-65-69(73)70-67(66-71)68(72)64-62-60-58-56-54-52-50-48-46-24-22-20-18-16-14-12-10-8-6-4-2/h5,7,11,13,17,19,23,25,27-28,30-31,33-34,36-37,39-40,42-43,45,47,51,53-54,56,62,64,67-68,71-72H,3-4,6,8-10,12,14-16,18,20-22,24,26,29,32,35,38,41,44,46,48-50,52,55,57-61,63,65-66H2,1-2H3,(H,70,73)/b7-5-,13-11-,19-17-,25-23-,28-27-,31-30-,34-33-,37-36-,40-39-,43-42-,47-45-,53-51-,56-54+,64-62+. The lowest BCUT2D eigenvalue weighted by Crippen LogP contribution is -2.45. The molecule has 0 fully saturated rings. The third kappa shape index (κ3) is 58.5. The van der Waals surface area contributed by atoms with Crippen molar-refractivity contribution >= 4 is 5.91 Å². The fourth-order valence-electron chi connectivity index (χ4n) is 7.94. The maximum atomic E-state index is 12.5. The van der Waals surface area contributed by atoms with Crippen molar-refractivity contribution in [1.82, 2.24) is 5.32 Å². The Morgan fingerprint density at radius 2 is 0.616 bits per heavy atom. The lowest BCUT2D eigenvalue weighted by atomic mass is 10.0. The predicted octanol–water partition coefficient (Wildman–Crippen LogP) is 20.3. The lowest BCUT2D eigenvalue weighted by Gasteiger charge is -2.19. The van der Waals surface area contributed by atoms with Gasteiger partial charge < -0.3 is 15.5 Å². The van der Waals surface area contributed by atoms with E-state index in [-0.39, 0.29) is 12.5 Å². The average molecular weight is 1000 g/mol. The summed E-state index contributed by atoms with van der Waals surface area (Å²) in [6, 6.07) is -0.666. The second kappa shape index (κ2) is 62.0. The molecule has 0 aromatic heterocycles. The van der Waals surface area contributed by atoms with Gasteiger partial charge in [0.15, 0.2) is 0 Å². The SMILES string of the molecule is CC/C=C\C/C=C\C/C=C\C/C=C\C/C=C\C/C=C\C/C=C\C/C=C\C/C=C\C/C=C\C/C=C\C/C=C\CCCCCCC(=O)NC(CO)C(O)/C=C/CC/C=C/CCCCCCCCCCCCCCCC. The molecule has 0 bridgehead atoms. The summed E-state index contributed by atoms with van der Waals surface area (Å²) in [6.45, 7) is 4.17. The molecule has 0 aliphatic carbocycles. The van der Waals surface area contributed by atoms with Gasteiger partial charge >= 0.3 is 0 Å². The van der Waals surface area contributed by atoms with Gasteiger partial charge in [-0.15, -0.1) is 0 Å². The molecule has 0 saturated heterocycles. The first kappa shape index (κ1) is 68.8. The Balaban J connectivity index is 3.73. The van der Waals surface area contributed by atoms with Crippen molar-refractivity contribution in [3.8, 4) is 0 Å². The lowest BCUT2D eigenvalue weighted by molar-refractivity contribution is -0.123. The van der Waals surface area contributed by atoms with Crippen molar-refractivity contribution in [2.45, 2.75) is 251 Å². The number of nitrogens with one attached hydrogen (secondary N) is 1. The van der Waals surface area contributed by atoms with Crippen LogP contribution in [0.25, 0.3) is 0 Å². The van der Waals surface area contributed by atoms with Crippen molar-refractivity contribution in [2.75, 3.05) is 6.61 Å². The first-order valence-electron chi connectivity index (χ1n) is 29.8. The highest BCUT2D eigenvalue weighted by atomic mass is 16.3. The normalized spacial score (nSPS) is 14.1. The van der Waals surface area contributed by atoms with E-state index in [0.717, 1.165) is 128 Å². The minimum Gasteiger partial charge on any atom is -0.394 e. The summed E-state index contributed by atoms with van der Waals surface area (Å²) in [5.41, 5.74) is 0.